The van der Waals surface area contributed by atoms with Crippen molar-refractivity contribution in [1.29, 1.82) is 0 Å². The lowest BCUT2D eigenvalue weighted by molar-refractivity contribution is 0.409. The lowest BCUT2D eigenvalue weighted by atomic mass is 9.91. The van der Waals surface area contributed by atoms with E-state index in [0.717, 1.165) is 33.8 Å². The fourth-order valence-corrected chi connectivity index (χ4v) is 4.21. The van der Waals surface area contributed by atoms with Crippen molar-refractivity contribution in [3.63, 3.8) is 0 Å². The van der Waals surface area contributed by atoms with E-state index >= 15 is 0 Å². The maximum absolute atomic E-state index is 6.64. The van der Waals surface area contributed by atoms with E-state index in [9.17, 15) is 0 Å². The zero-order valence-electron chi connectivity index (χ0n) is 16.3. The third-order valence-electron chi connectivity index (χ3n) is 5.19. The summed E-state index contributed by atoms with van der Waals surface area (Å²) in [7, 11) is 1.67. The van der Waals surface area contributed by atoms with E-state index in [1.165, 1.54) is 0 Å². The van der Waals surface area contributed by atoms with Gasteiger partial charge in [0, 0.05) is 34.5 Å². The van der Waals surface area contributed by atoms with E-state index in [1.807, 2.05) is 54.6 Å². The van der Waals surface area contributed by atoms with Gasteiger partial charge in [-0.15, -0.1) is 0 Å². The van der Waals surface area contributed by atoms with Gasteiger partial charge in [-0.25, -0.2) is 9.97 Å². The van der Waals surface area contributed by atoms with Gasteiger partial charge in [-0.05, 0) is 24.1 Å². The molecule has 7 heteroatoms. The van der Waals surface area contributed by atoms with Crippen molar-refractivity contribution in [2.24, 2.45) is 0 Å². The lowest BCUT2D eigenvalue weighted by Gasteiger charge is -2.21. The average molecular weight is 427 g/mol. The molecule has 0 amide bonds. The molecule has 0 spiro atoms. The number of rotatable bonds is 4. The Morgan fingerprint density at radius 3 is 2.59 bits per heavy atom. The highest BCUT2D eigenvalue weighted by atomic mass is 35.5. The first kappa shape index (κ1) is 19.6. The Hall–Kier alpha value is -2.76. The Morgan fingerprint density at radius 1 is 1.17 bits per heavy atom. The van der Waals surface area contributed by atoms with Crippen LogP contribution in [0.25, 0.3) is 16.6 Å². The molecule has 29 heavy (non-hydrogen) atoms. The van der Waals surface area contributed by atoms with E-state index < -0.39 is 0 Å². The van der Waals surface area contributed by atoms with Crippen molar-refractivity contribution < 1.29 is 4.74 Å². The molecule has 4 aromatic rings. The largest absolute Gasteiger partial charge is 0.496 e. The standard InChI is InChI=1S/C22H20Cl2N4O/c1-12(22-27-20(24)18-21(25)26-9-10-28(18)22)15-11-16(23)13(2)17(19(15)29-3)14-7-5-4-6-8-14/h4-12H,1-3H3,(H2,25,26). The van der Waals surface area contributed by atoms with Gasteiger partial charge in [0.05, 0.1) is 7.11 Å². The second-order valence-corrected chi connectivity index (χ2v) is 7.63. The lowest BCUT2D eigenvalue weighted by Crippen LogP contribution is -2.07. The molecule has 0 saturated carbocycles. The van der Waals surface area contributed by atoms with Crippen LogP contribution in [-0.4, -0.2) is 21.5 Å². The van der Waals surface area contributed by atoms with Gasteiger partial charge in [-0.3, -0.25) is 4.40 Å². The van der Waals surface area contributed by atoms with Crippen LogP contribution >= 0.6 is 23.2 Å². The number of halogens is 2. The number of hydrogen-bond donors (Lipinski definition) is 1. The number of fused-ring (bicyclic) bond motifs is 1. The zero-order valence-corrected chi connectivity index (χ0v) is 17.8. The number of benzene rings is 2. The molecule has 1 unspecified atom stereocenters. The first-order valence-corrected chi connectivity index (χ1v) is 9.90. The molecule has 0 bridgehead atoms. The van der Waals surface area contributed by atoms with Crippen molar-refractivity contribution in [3.8, 4) is 16.9 Å². The fraction of sp³-hybridized carbons (Fsp3) is 0.182. The number of ether oxygens (including phenoxy) is 1. The SMILES string of the molecule is COc1c(C(C)c2nc(Cl)c3c(N)nccn23)cc(Cl)c(C)c1-c1ccccc1. The van der Waals surface area contributed by atoms with Crippen LogP contribution in [0.15, 0.2) is 48.8 Å². The molecule has 0 radical (unpaired) electrons. The predicted molar refractivity (Wildman–Crippen MR) is 118 cm³/mol. The highest BCUT2D eigenvalue weighted by molar-refractivity contribution is 6.33. The van der Waals surface area contributed by atoms with Gasteiger partial charge in [-0.2, -0.15) is 0 Å². The van der Waals surface area contributed by atoms with Crippen molar-refractivity contribution in [1.82, 2.24) is 14.4 Å². The highest BCUT2D eigenvalue weighted by Crippen LogP contribution is 2.44. The van der Waals surface area contributed by atoms with Crippen LogP contribution in [0.2, 0.25) is 10.2 Å². The average Bonchev–Trinajstić information content (AvgIpc) is 3.07. The molecule has 2 N–H and O–H groups in total. The van der Waals surface area contributed by atoms with Crippen LogP contribution in [0.1, 0.15) is 29.8 Å². The van der Waals surface area contributed by atoms with E-state index in [0.29, 0.717) is 21.5 Å². The van der Waals surface area contributed by atoms with Crippen LogP contribution in [0.3, 0.4) is 0 Å². The molecular formula is C22H20Cl2N4O. The summed E-state index contributed by atoms with van der Waals surface area (Å²) in [6, 6.07) is 12.0. The third-order valence-corrected chi connectivity index (χ3v) is 5.85. The molecule has 4 rings (SSSR count). The van der Waals surface area contributed by atoms with E-state index in [-0.39, 0.29) is 5.92 Å². The predicted octanol–water partition coefficient (Wildman–Crippen LogP) is 5.75. The van der Waals surface area contributed by atoms with Crippen LogP contribution in [0.5, 0.6) is 5.75 Å². The fourth-order valence-electron chi connectivity index (χ4n) is 3.73. The van der Waals surface area contributed by atoms with Gasteiger partial charge in [-0.1, -0.05) is 60.5 Å². The first-order valence-electron chi connectivity index (χ1n) is 9.14. The summed E-state index contributed by atoms with van der Waals surface area (Å²) in [5.74, 6) is 1.67. The Kier molecular flexibility index (Phi) is 5.11. The first-order chi connectivity index (χ1) is 13.9. The highest BCUT2D eigenvalue weighted by Gasteiger charge is 2.25. The van der Waals surface area contributed by atoms with E-state index in [2.05, 4.69) is 9.97 Å². The Bertz CT molecular complexity index is 1200. The number of hydrogen-bond acceptors (Lipinski definition) is 4. The molecule has 2 aromatic heterocycles. The molecule has 0 fully saturated rings. The number of methoxy groups -OCH3 is 1. The minimum absolute atomic E-state index is 0.160. The molecular weight excluding hydrogens is 407 g/mol. The Morgan fingerprint density at radius 2 is 1.90 bits per heavy atom. The number of nitrogens with two attached hydrogens (primary N) is 1. The molecule has 0 aliphatic heterocycles. The van der Waals surface area contributed by atoms with Crippen molar-refractivity contribution >= 4 is 34.5 Å². The van der Waals surface area contributed by atoms with Gasteiger partial charge >= 0.3 is 0 Å². The van der Waals surface area contributed by atoms with Crippen molar-refractivity contribution in [2.45, 2.75) is 19.8 Å². The number of nitrogens with zero attached hydrogens (tertiary/aromatic N) is 3. The summed E-state index contributed by atoms with van der Waals surface area (Å²) in [6.07, 6.45) is 3.43. The van der Waals surface area contributed by atoms with Gasteiger partial charge < -0.3 is 10.5 Å². The zero-order chi connectivity index (χ0) is 20.7. The minimum Gasteiger partial charge on any atom is -0.496 e. The smallest absolute Gasteiger partial charge is 0.158 e. The van der Waals surface area contributed by atoms with Crippen LogP contribution < -0.4 is 10.5 Å². The number of anilines is 1. The van der Waals surface area contributed by atoms with Crippen molar-refractivity contribution in [2.75, 3.05) is 12.8 Å². The van der Waals surface area contributed by atoms with Gasteiger partial charge in [0.25, 0.3) is 0 Å². The summed E-state index contributed by atoms with van der Waals surface area (Å²) in [6.45, 7) is 4.04. The van der Waals surface area contributed by atoms with Crippen molar-refractivity contribution in [3.05, 3.63) is 75.9 Å². The molecule has 0 aliphatic carbocycles. The topological polar surface area (TPSA) is 65.4 Å². The molecule has 2 aromatic carbocycles. The second kappa shape index (κ2) is 7.58. The molecule has 0 saturated heterocycles. The second-order valence-electron chi connectivity index (χ2n) is 6.86. The van der Waals surface area contributed by atoms with E-state index in [1.54, 1.807) is 19.5 Å². The number of nitrogen functional groups attached to an aromatic ring is 1. The maximum atomic E-state index is 6.64. The van der Waals surface area contributed by atoms with Crippen LogP contribution in [0.4, 0.5) is 5.82 Å². The molecule has 0 aliphatic rings. The van der Waals surface area contributed by atoms with E-state index in [4.69, 9.17) is 33.7 Å². The van der Waals surface area contributed by atoms with Gasteiger partial charge in [0.2, 0.25) is 0 Å². The van der Waals surface area contributed by atoms with Gasteiger partial charge in [0.15, 0.2) is 11.0 Å². The summed E-state index contributed by atoms with van der Waals surface area (Å²) in [4.78, 5) is 8.68. The monoisotopic (exact) mass is 426 g/mol. The molecule has 1 atom stereocenters. The quantitative estimate of drug-likeness (QED) is 0.450. The summed E-state index contributed by atoms with van der Waals surface area (Å²) in [5.41, 5.74) is 10.5. The van der Waals surface area contributed by atoms with Gasteiger partial charge in [0.1, 0.15) is 17.1 Å². The minimum atomic E-state index is -0.160. The molecule has 148 valence electrons. The third kappa shape index (κ3) is 3.20. The molecule has 5 nitrogen and oxygen atoms in total. The Labute approximate surface area is 179 Å². The Balaban J connectivity index is 1.97. The number of aromatic nitrogens is 3. The summed E-state index contributed by atoms with van der Waals surface area (Å²) in [5, 5.41) is 0.984. The normalized spacial score (nSPS) is 12.3. The van der Waals surface area contributed by atoms with Crippen LogP contribution in [-0.2, 0) is 0 Å². The molecule has 2 heterocycles. The number of imidazole rings is 1. The summed E-state index contributed by atoms with van der Waals surface area (Å²) < 4.78 is 7.75. The maximum Gasteiger partial charge on any atom is 0.158 e. The van der Waals surface area contributed by atoms with Crippen LogP contribution in [0, 0.1) is 6.92 Å². The summed E-state index contributed by atoms with van der Waals surface area (Å²) >= 11 is 13.0.